The van der Waals surface area contributed by atoms with Crippen LogP contribution in [0.5, 0.6) is 0 Å². The number of hydrogen-bond acceptors (Lipinski definition) is 3. The number of pyridine rings is 1. The minimum atomic E-state index is 0.494. The SMILES string of the molecule is Cc1ccsc1-c1nc(C=O)c2ccccn12. The molecule has 3 aromatic rings. The lowest BCUT2D eigenvalue weighted by Crippen LogP contribution is -1.87. The van der Waals surface area contributed by atoms with Crippen LogP contribution < -0.4 is 0 Å². The fourth-order valence-corrected chi connectivity index (χ4v) is 2.82. The van der Waals surface area contributed by atoms with Crippen LogP contribution >= 0.6 is 11.3 Å². The van der Waals surface area contributed by atoms with Crippen LogP contribution in [0.3, 0.4) is 0 Å². The molecule has 0 unspecified atom stereocenters. The van der Waals surface area contributed by atoms with E-state index in [0.717, 1.165) is 22.5 Å². The van der Waals surface area contributed by atoms with Gasteiger partial charge in [0.2, 0.25) is 0 Å². The van der Waals surface area contributed by atoms with E-state index >= 15 is 0 Å². The molecular weight excluding hydrogens is 232 g/mol. The molecule has 0 aliphatic carbocycles. The van der Waals surface area contributed by atoms with E-state index < -0.39 is 0 Å². The number of fused-ring (bicyclic) bond motifs is 1. The summed E-state index contributed by atoms with van der Waals surface area (Å²) in [6.45, 7) is 2.05. The minimum absolute atomic E-state index is 0.494. The van der Waals surface area contributed by atoms with Crippen molar-refractivity contribution in [1.29, 1.82) is 0 Å². The van der Waals surface area contributed by atoms with Gasteiger partial charge in [0, 0.05) is 6.20 Å². The van der Waals surface area contributed by atoms with E-state index in [9.17, 15) is 4.79 Å². The molecule has 0 atom stereocenters. The van der Waals surface area contributed by atoms with Gasteiger partial charge in [-0.05, 0) is 36.1 Å². The second-order valence-electron chi connectivity index (χ2n) is 3.83. The Hall–Kier alpha value is -1.94. The largest absolute Gasteiger partial charge is 0.298 e. The van der Waals surface area contributed by atoms with Crippen LogP contribution in [0.1, 0.15) is 16.1 Å². The molecule has 0 saturated carbocycles. The normalized spacial score (nSPS) is 10.9. The van der Waals surface area contributed by atoms with Gasteiger partial charge in [-0.1, -0.05) is 6.07 Å². The molecular formula is C13H10N2OS. The lowest BCUT2D eigenvalue weighted by molar-refractivity contribution is 0.112. The van der Waals surface area contributed by atoms with E-state index in [1.807, 2.05) is 34.2 Å². The van der Waals surface area contributed by atoms with Gasteiger partial charge < -0.3 is 0 Å². The summed E-state index contributed by atoms with van der Waals surface area (Å²) in [5.41, 5.74) is 2.53. The summed E-state index contributed by atoms with van der Waals surface area (Å²) < 4.78 is 1.96. The number of nitrogens with zero attached hydrogens (tertiary/aromatic N) is 2. The third kappa shape index (κ3) is 1.49. The Morgan fingerprint density at radius 1 is 1.35 bits per heavy atom. The summed E-state index contributed by atoms with van der Waals surface area (Å²) in [5.74, 6) is 0.843. The first kappa shape index (κ1) is 10.2. The topological polar surface area (TPSA) is 34.4 Å². The zero-order valence-electron chi connectivity index (χ0n) is 9.25. The van der Waals surface area contributed by atoms with Gasteiger partial charge >= 0.3 is 0 Å². The molecule has 3 rings (SSSR count). The summed E-state index contributed by atoms with van der Waals surface area (Å²) in [7, 11) is 0. The fourth-order valence-electron chi connectivity index (χ4n) is 1.91. The molecule has 0 saturated heterocycles. The van der Waals surface area contributed by atoms with Crippen LogP contribution in [0.2, 0.25) is 0 Å². The number of aromatic nitrogens is 2. The van der Waals surface area contributed by atoms with Gasteiger partial charge in [-0.3, -0.25) is 9.20 Å². The summed E-state index contributed by atoms with van der Waals surface area (Å²) in [6, 6.07) is 7.82. The molecule has 0 amide bonds. The van der Waals surface area contributed by atoms with Crippen LogP contribution in [0.15, 0.2) is 35.8 Å². The first-order valence-corrected chi connectivity index (χ1v) is 6.16. The van der Waals surface area contributed by atoms with Crippen LogP contribution in [0.25, 0.3) is 16.2 Å². The summed E-state index contributed by atoms with van der Waals surface area (Å²) in [6.07, 6.45) is 2.74. The van der Waals surface area contributed by atoms with Crippen LogP contribution in [0, 0.1) is 6.92 Å². The van der Waals surface area contributed by atoms with E-state index in [2.05, 4.69) is 18.0 Å². The Morgan fingerprint density at radius 2 is 2.24 bits per heavy atom. The first-order chi connectivity index (χ1) is 8.31. The van der Waals surface area contributed by atoms with Gasteiger partial charge in [-0.25, -0.2) is 4.98 Å². The molecule has 0 bridgehead atoms. The fraction of sp³-hybridized carbons (Fsp3) is 0.0769. The van der Waals surface area contributed by atoms with Crippen molar-refractivity contribution in [2.45, 2.75) is 6.92 Å². The Kier molecular flexibility index (Phi) is 2.30. The van der Waals surface area contributed by atoms with Gasteiger partial charge in [0.25, 0.3) is 0 Å². The van der Waals surface area contributed by atoms with Crippen molar-refractivity contribution in [2.75, 3.05) is 0 Å². The van der Waals surface area contributed by atoms with Crippen molar-refractivity contribution in [3.8, 4) is 10.7 Å². The van der Waals surface area contributed by atoms with Crippen molar-refractivity contribution < 1.29 is 4.79 Å². The number of carbonyl (C=O) groups excluding carboxylic acids is 1. The number of rotatable bonds is 2. The second-order valence-corrected chi connectivity index (χ2v) is 4.74. The number of aryl methyl sites for hydroxylation is 1. The molecule has 3 nitrogen and oxygen atoms in total. The van der Waals surface area contributed by atoms with Crippen molar-refractivity contribution in [3.63, 3.8) is 0 Å². The predicted octanol–water partition coefficient (Wildman–Crippen LogP) is 3.18. The maximum absolute atomic E-state index is 11.0. The van der Waals surface area contributed by atoms with Crippen LogP contribution in [-0.2, 0) is 0 Å². The molecule has 0 fully saturated rings. The van der Waals surface area contributed by atoms with Crippen molar-refractivity contribution >= 4 is 23.1 Å². The standard InChI is InChI=1S/C13H10N2OS/c1-9-5-7-17-12(9)13-14-10(8-16)11-4-2-3-6-15(11)13/h2-8H,1H3. The smallest absolute Gasteiger partial charge is 0.170 e. The highest BCUT2D eigenvalue weighted by molar-refractivity contribution is 7.13. The van der Waals surface area contributed by atoms with E-state index in [1.54, 1.807) is 11.3 Å². The Labute approximate surface area is 102 Å². The van der Waals surface area contributed by atoms with Crippen molar-refractivity contribution in [3.05, 3.63) is 47.1 Å². The lowest BCUT2D eigenvalue weighted by atomic mass is 10.3. The van der Waals surface area contributed by atoms with Gasteiger partial charge in [-0.2, -0.15) is 0 Å². The molecule has 3 aromatic heterocycles. The molecule has 0 N–H and O–H groups in total. The summed E-state index contributed by atoms with van der Waals surface area (Å²) >= 11 is 1.64. The van der Waals surface area contributed by atoms with Gasteiger partial charge in [-0.15, -0.1) is 11.3 Å². The summed E-state index contributed by atoms with van der Waals surface area (Å²) in [5, 5.41) is 2.04. The summed E-state index contributed by atoms with van der Waals surface area (Å²) in [4.78, 5) is 16.5. The Balaban J connectivity index is 2.38. The third-order valence-corrected chi connectivity index (χ3v) is 3.77. The zero-order valence-corrected chi connectivity index (χ0v) is 10.1. The maximum Gasteiger partial charge on any atom is 0.170 e. The highest BCUT2D eigenvalue weighted by atomic mass is 32.1. The molecule has 0 aliphatic rings. The quantitative estimate of drug-likeness (QED) is 0.647. The monoisotopic (exact) mass is 242 g/mol. The molecule has 0 radical (unpaired) electrons. The molecule has 0 aromatic carbocycles. The Bertz CT molecular complexity index is 696. The van der Waals surface area contributed by atoms with Crippen LogP contribution in [-0.4, -0.2) is 15.7 Å². The average Bonchev–Trinajstić information content (AvgIpc) is 2.92. The van der Waals surface area contributed by atoms with Crippen molar-refractivity contribution in [2.24, 2.45) is 0 Å². The number of hydrogen-bond donors (Lipinski definition) is 0. The van der Waals surface area contributed by atoms with Gasteiger partial charge in [0.05, 0.1) is 10.4 Å². The minimum Gasteiger partial charge on any atom is -0.298 e. The average molecular weight is 242 g/mol. The molecule has 17 heavy (non-hydrogen) atoms. The van der Waals surface area contributed by atoms with Gasteiger partial charge in [0.1, 0.15) is 5.69 Å². The molecule has 3 heterocycles. The number of imidazole rings is 1. The second kappa shape index (κ2) is 3.82. The molecule has 84 valence electrons. The lowest BCUT2D eigenvalue weighted by Gasteiger charge is -1.99. The van der Waals surface area contributed by atoms with Gasteiger partial charge in [0.15, 0.2) is 12.1 Å². The van der Waals surface area contributed by atoms with E-state index in [1.165, 1.54) is 5.56 Å². The van der Waals surface area contributed by atoms with E-state index in [4.69, 9.17) is 0 Å². The number of carbonyl (C=O) groups is 1. The van der Waals surface area contributed by atoms with E-state index in [0.29, 0.717) is 5.69 Å². The highest BCUT2D eigenvalue weighted by Crippen LogP contribution is 2.29. The highest BCUT2D eigenvalue weighted by Gasteiger charge is 2.13. The molecule has 0 spiro atoms. The molecule has 4 heteroatoms. The maximum atomic E-state index is 11.0. The Morgan fingerprint density at radius 3 is 2.94 bits per heavy atom. The first-order valence-electron chi connectivity index (χ1n) is 5.28. The molecule has 0 aliphatic heterocycles. The van der Waals surface area contributed by atoms with Crippen LogP contribution in [0.4, 0.5) is 0 Å². The third-order valence-electron chi connectivity index (χ3n) is 2.75. The number of aldehydes is 1. The predicted molar refractivity (Wildman–Crippen MR) is 68.6 cm³/mol. The van der Waals surface area contributed by atoms with E-state index in [-0.39, 0.29) is 0 Å². The van der Waals surface area contributed by atoms with Crippen molar-refractivity contribution in [1.82, 2.24) is 9.38 Å². The number of thiophene rings is 1. The zero-order chi connectivity index (χ0) is 11.8.